The predicted octanol–water partition coefficient (Wildman–Crippen LogP) is 4.13. The van der Waals surface area contributed by atoms with Gasteiger partial charge in [-0.3, -0.25) is 0 Å². The molecule has 192 valence electrons. The fourth-order valence-corrected chi connectivity index (χ4v) is 3.35. The van der Waals surface area contributed by atoms with Crippen LogP contribution in [0.2, 0.25) is 0 Å². The monoisotopic (exact) mass is 486 g/mol. The van der Waals surface area contributed by atoms with Crippen LogP contribution in [0.3, 0.4) is 0 Å². The third-order valence-corrected chi connectivity index (χ3v) is 5.34. The first-order valence-electron chi connectivity index (χ1n) is 12.2. The molecule has 0 saturated heterocycles. The molecule has 8 nitrogen and oxygen atoms in total. The van der Waals surface area contributed by atoms with E-state index in [-0.39, 0.29) is 12.5 Å². The maximum Gasteiger partial charge on any atom is 0.333 e. The molecule has 0 aliphatic carbocycles. The van der Waals surface area contributed by atoms with Gasteiger partial charge in [0.15, 0.2) is 6.10 Å². The van der Waals surface area contributed by atoms with Crippen molar-refractivity contribution in [1.82, 2.24) is 10.2 Å². The third kappa shape index (κ3) is 11.2. The number of nitrogens with zero attached hydrogens (tertiary/aromatic N) is 1. The number of nitrogens with one attached hydrogen (secondary N) is 1. The Morgan fingerprint density at radius 2 is 1.66 bits per heavy atom. The number of hydrogen-bond acceptors (Lipinski definition) is 5. The van der Waals surface area contributed by atoms with Crippen LogP contribution in [0.4, 0.5) is 4.79 Å². The Labute approximate surface area is 208 Å². The Bertz CT molecular complexity index is 860. The van der Waals surface area contributed by atoms with E-state index >= 15 is 0 Å². The topological polar surface area (TPSA) is 97.3 Å². The van der Waals surface area contributed by atoms with Gasteiger partial charge in [-0.1, -0.05) is 55.8 Å². The van der Waals surface area contributed by atoms with E-state index in [4.69, 9.17) is 14.2 Å². The van der Waals surface area contributed by atoms with Crippen LogP contribution in [-0.4, -0.2) is 67.6 Å². The molecule has 0 saturated carbocycles. The molecule has 1 unspecified atom stereocenters. The molecule has 2 aromatic rings. The van der Waals surface area contributed by atoms with Crippen molar-refractivity contribution in [3.05, 3.63) is 65.7 Å². The number of aliphatic carboxylic acids is 1. The van der Waals surface area contributed by atoms with Gasteiger partial charge in [0.05, 0.1) is 13.2 Å². The van der Waals surface area contributed by atoms with Crippen molar-refractivity contribution in [1.29, 1.82) is 0 Å². The highest BCUT2D eigenvalue weighted by Crippen LogP contribution is 2.15. The number of ether oxygens (including phenoxy) is 3. The number of amides is 2. The molecule has 2 N–H and O–H groups in total. The van der Waals surface area contributed by atoms with Crippen molar-refractivity contribution in [3.63, 3.8) is 0 Å². The number of hydrogen-bond donors (Lipinski definition) is 2. The van der Waals surface area contributed by atoms with E-state index in [1.807, 2.05) is 42.5 Å². The lowest BCUT2D eigenvalue weighted by molar-refractivity contribution is -0.149. The summed E-state index contributed by atoms with van der Waals surface area (Å²) in [7, 11) is 0. The molecule has 1 atom stereocenters. The van der Waals surface area contributed by atoms with Crippen molar-refractivity contribution >= 4 is 12.0 Å². The summed E-state index contributed by atoms with van der Waals surface area (Å²) in [6.45, 7) is 7.04. The molecular weight excluding hydrogens is 448 g/mol. The highest BCUT2D eigenvalue weighted by atomic mass is 16.5. The van der Waals surface area contributed by atoms with Crippen LogP contribution in [0.25, 0.3) is 0 Å². The zero-order valence-corrected chi connectivity index (χ0v) is 20.8. The number of benzene rings is 2. The zero-order chi connectivity index (χ0) is 25.3. The summed E-state index contributed by atoms with van der Waals surface area (Å²) >= 11 is 0. The van der Waals surface area contributed by atoms with Crippen LogP contribution in [0.5, 0.6) is 5.75 Å². The lowest BCUT2D eigenvalue weighted by atomic mass is 10.1. The average Bonchev–Trinajstić information content (AvgIpc) is 2.87. The summed E-state index contributed by atoms with van der Waals surface area (Å²) in [6, 6.07) is 16.9. The van der Waals surface area contributed by atoms with Crippen LogP contribution < -0.4 is 10.1 Å². The van der Waals surface area contributed by atoms with Crippen molar-refractivity contribution in [2.45, 2.75) is 45.8 Å². The Balaban J connectivity index is 1.85. The second-order valence-corrected chi connectivity index (χ2v) is 8.08. The highest BCUT2D eigenvalue weighted by molar-refractivity contribution is 5.74. The second-order valence-electron chi connectivity index (χ2n) is 8.08. The molecule has 0 spiro atoms. The first kappa shape index (κ1) is 28.1. The SMILES string of the molecule is CCCCOCCN(CCOc1ccc(CC(OCC)C(=O)O)cc1)C(=O)NCc1ccccc1. The number of unbranched alkanes of at least 4 members (excludes halogenated alkanes) is 1. The molecule has 35 heavy (non-hydrogen) atoms. The predicted molar refractivity (Wildman–Crippen MR) is 135 cm³/mol. The maximum atomic E-state index is 12.8. The quantitative estimate of drug-likeness (QED) is 0.327. The number of carboxylic acids is 1. The Kier molecular flexibility index (Phi) is 13.3. The van der Waals surface area contributed by atoms with E-state index in [1.165, 1.54) is 0 Å². The molecule has 2 amide bonds. The summed E-state index contributed by atoms with van der Waals surface area (Å²) in [5, 5.41) is 12.2. The lowest BCUT2D eigenvalue weighted by Gasteiger charge is -2.23. The van der Waals surface area contributed by atoms with Gasteiger partial charge in [0.1, 0.15) is 12.4 Å². The molecule has 8 heteroatoms. The average molecular weight is 487 g/mol. The summed E-state index contributed by atoms with van der Waals surface area (Å²) in [5.74, 6) is -0.322. The molecule has 2 aromatic carbocycles. The Hall–Kier alpha value is -3.10. The van der Waals surface area contributed by atoms with Gasteiger partial charge in [-0.05, 0) is 36.6 Å². The number of rotatable bonds is 17. The van der Waals surface area contributed by atoms with E-state index in [0.717, 1.165) is 24.0 Å². The van der Waals surface area contributed by atoms with Gasteiger partial charge >= 0.3 is 12.0 Å². The molecular formula is C27H38N2O6. The summed E-state index contributed by atoms with van der Waals surface area (Å²) in [5.41, 5.74) is 1.88. The van der Waals surface area contributed by atoms with Gasteiger partial charge < -0.3 is 29.5 Å². The second kappa shape index (κ2) is 16.5. The van der Waals surface area contributed by atoms with Crippen LogP contribution in [0, 0.1) is 0 Å². The molecule has 0 heterocycles. The first-order chi connectivity index (χ1) is 17.0. The molecule has 2 rings (SSSR count). The molecule has 0 bridgehead atoms. The van der Waals surface area contributed by atoms with Gasteiger partial charge in [-0.15, -0.1) is 0 Å². The van der Waals surface area contributed by atoms with Gasteiger partial charge in [-0.25, -0.2) is 9.59 Å². The fraction of sp³-hybridized carbons (Fsp3) is 0.481. The number of carbonyl (C=O) groups is 2. The number of urea groups is 1. The molecule has 0 aromatic heterocycles. The van der Waals surface area contributed by atoms with Crippen LogP contribution >= 0.6 is 0 Å². The first-order valence-corrected chi connectivity index (χ1v) is 12.2. The highest BCUT2D eigenvalue weighted by Gasteiger charge is 2.18. The number of carboxylic acid groups (broad SMARTS) is 1. The standard InChI is InChI=1S/C27H38N2O6/c1-3-5-17-33-18-15-29(27(32)28-21-23-9-7-6-8-10-23)16-19-35-24-13-11-22(12-14-24)20-25(26(30)31)34-4-2/h6-14,25H,3-5,15-21H2,1-2H3,(H,28,32)(H,30,31). The van der Waals surface area contributed by atoms with Gasteiger partial charge in [0.2, 0.25) is 0 Å². The molecule has 0 fully saturated rings. The molecule has 0 radical (unpaired) electrons. The van der Waals surface area contributed by atoms with Crippen LogP contribution in [0.15, 0.2) is 54.6 Å². The molecule has 0 aliphatic heterocycles. The van der Waals surface area contributed by atoms with E-state index < -0.39 is 12.1 Å². The maximum absolute atomic E-state index is 12.8. The van der Waals surface area contributed by atoms with Gasteiger partial charge in [0.25, 0.3) is 0 Å². The van der Waals surface area contributed by atoms with Crippen molar-refractivity contribution in [2.75, 3.05) is 39.5 Å². The summed E-state index contributed by atoms with van der Waals surface area (Å²) in [6.07, 6.45) is 1.49. The third-order valence-electron chi connectivity index (χ3n) is 5.34. The van der Waals surface area contributed by atoms with Gasteiger partial charge in [-0.2, -0.15) is 0 Å². The van der Waals surface area contributed by atoms with Crippen LogP contribution in [0.1, 0.15) is 37.8 Å². The minimum atomic E-state index is -0.975. The van der Waals surface area contributed by atoms with E-state index in [9.17, 15) is 14.7 Å². The zero-order valence-electron chi connectivity index (χ0n) is 20.8. The Morgan fingerprint density at radius 1 is 0.943 bits per heavy atom. The normalized spacial score (nSPS) is 11.6. The lowest BCUT2D eigenvalue weighted by Crippen LogP contribution is -2.43. The van der Waals surface area contributed by atoms with E-state index in [2.05, 4.69) is 12.2 Å². The minimum Gasteiger partial charge on any atom is -0.492 e. The van der Waals surface area contributed by atoms with Crippen molar-refractivity contribution < 1.29 is 28.9 Å². The van der Waals surface area contributed by atoms with E-state index in [1.54, 1.807) is 24.0 Å². The number of carbonyl (C=O) groups excluding carboxylic acids is 1. The summed E-state index contributed by atoms with van der Waals surface area (Å²) < 4.78 is 16.8. The Morgan fingerprint density at radius 3 is 2.31 bits per heavy atom. The molecule has 0 aliphatic rings. The summed E-state index contributed by atoms with van der Waals surface area (Å²) in [4.78, 5) is 25.8. The fourth-order valence-electron chi connectivity index (χ4n) is 3.35. The smallest absolute Gasteiger partial charge is 0.333 e. The largest absolute Gasteiger partial charge is 0.492 e. The van der Waals surface area contributed by atoms with Crippen molar-refractivity contribution in [2.24, 2.45) is 0 Å². The van der Waals surface area contributed by atoms with Crippen LogP contribution in [-0.2, 0) is 27.2 Å². The van der Waals surface area contributed by atoms with E-state index in [0.29, 0.717) is 51.8 Å². The van der Waals surface area contributed by atoms with Gasteiger partial charge in [0, 0.05) is 32.7 Å². The van der Waals surface area contributed by atoms with Crippen molar-refractivity contribution in [3.8, 4) is 5.75 Å². The minimum absolute atomic E-state index is 0.164.